The normalized spacial score (nSPS) is 15.8. The van der Waals surface area contributed by atoms with Crippen LogP contribution < -0.4 is 5.32 Å². The first-order chi connectivity index (χ1) is 9.72. The molecule has 0 spiro atoms. The largest absolute Gasteiger partial charge is 0.352 e. The number of hydrogen-bond donors (Lipinski definition) is 2. The minimum absolute atomic E-state index is 0.0927. The number of rotatable bonds is 5. The summed E-state index contributed by atoms with van der Waals surface area (Å²) in [6.45, 7) is 1.91. The van der Waals surface area contributed by atoms with E-state index in [4.69, 9.17) is 0 Å². The Labute approximate surface area is 122 Å². The van der Waals surface area contributed by atoms with Crippen molar-refractivity contribution in [3.8, 4) is 11.3 Å². The second-order valence-corrected chi connectivity index (χ2v) is 6.34. The molecule has 2 aromatic rings. The summed E-state index contributed by atoms with van der Waals surface area (Å²) in [5.74, 6) is 0.0927. The molecule has 1 aliphatic rings. The number of carbonyl (C=O) groups excluding carboxylic acids is 1. The quantitative estimate of drug-likeness (QED) is 0.831. The summed E-state index contributed by atoms with van der Waals surface area (Å²) in [5.41, 5.74) is 2.07. The van der Waals surface area contributed by atoms with Gasteiger partial charge in [0.1, 0.15) is 0 Å². The smallest absolute Gasteiger partial charge is 0.233 e. The average molecular weight is 287 g/mol. The minimum Gasteiger partial charge on any atom is -0.352 e. The molecule has 1 heterocycles. The van der Waals surface area contributed by atoms with Crippen LogP contribution in [0.1, 0.15) is 19.8 Å². The van der Waals surface area contributed by atoms with Crippen LogP contribution in [0, 0.1) is 0 Å². The van der Waals surface area contributed by atoms with E-state index in [0.717, 1.165) is 29.3 Å². The molecule has 0 radical (unpaired) electrons. The van der Waals surface area contributed by atoms with E-state index in [1.807, 2.05) is 43.5 Å². The van der Waals surface area contributed by atoms with Gasteiger partial charge in [0.2, 0.25) is 5.91 Å². The minimum atomic E-state index is -0.134. The van der Waals surface area contributed by atoms with Gasteiger partial charge in [0.25, 0.3) is 0 Å². The van der Waals surface area contributed by atoms with Crippen LogP contribution in [-0.4, -0.2) is 27.2 Å². The number of amides is 1. The molecular formula is C15H17N3OS. The molecule has 1 saturated carbocycles. The second kappa shape index (κ2) is 5.71. The van der Waals surface area contributed by atoms with Gasteiger partial charge in [0.15, 0.2) is 5.16 Å². The lowest BCUT2D eigenvalue weighted by Crippen LogP contribution is -2.32. The van der Waals surface area contributed by atoms with Crippen LogP contribution in [0.15, 0.2) is 41.7 Å². The van der Waals surface area contributed by atoms with Crippen LogP contribution in [0.2, 0.25) is 0 Å². The first-order valence-electron chi connectivity index (χ1n) is 6.80. The fraction of sp³-hybridized carbons (Fsp3) is 0.333. The Morgan fingerprint density at radius 3 is 2.85 bits per heavy atom. The van der Waals surface area contributed by atoms with Gasteiger partial charge in [-0.25, -0.2) is 4.98 Å². The van der Waals surface area contributed by atoms with Gasteiger partial charge >= 0.3 is 0 Å². The van der Waals surface area contributed by atoms with Crippen molar-refractivity contribution in [1.29, 1.82) is 0 Å². The van der Waals surface area contributed by atoms with Crippen molar-refractivity contribution >= 4 is 17.7 Å². The fourth-order valence-corrected chi connectivity index (χ4v) is 2.69. The van der Waals surface area contributed by atoms with Crippen molar-refractivity contribution in [1.82, 2.24) is 15.3 Å². The molecule has 1 fully saturated rings. The van der Waals surface area contributed by atoms with Gasteiger partial charge in [0.05, 0.1) is 17.1 Å². The number of imidazole rings is 1. The molecule has 1 aliphatic carbocycles. The number of thioether (sulfide) groups is 1. The molecular weight excluding hydrogens is 270 g/mol. The van der Waals surface area contributed by atoms with E-state index in [9.17, 15) is 4.79 Å². The highest BCUT2D eigenvalue weighted by Gasteiger charge is 2.26. The number of carbonyl (C=O) groups is 1. The summed E-state index contributed by atoms with van der Waals surface area (Å²) in [6, 6.07) is 10.4. The molecule has 104 valence electrons. The van der Waals surface area contributed by atoms with Crippen molar-refractivity contribution in [3.05, 3.63) is 36.5 Å². The molecule has 1 aromatic heterocycles. The summed E-state index contributed by atoms with van der Waals surface area (Å²) in [6.07, 6.45) is 4.03. The molecule has 0 saturated heterocycles. The van der Waals surface area contributed by atoms with Crippen molar-refractivity contribution in [3.63, 3.8) is 0 Å². The van der Waals surface area contributed by atoms with Crippen LogP contribution in [0.3, 0.4) is 0 Å². The van der Waals surface area contributed by atoms with Gasteiger partial charge in [-0.3, -0.25) is 4.79 Å². The van der Waals surface area contributed by atoms with Crippen LogP contribution in [0.4, 0.5) is 0 Å². The Morgan fingerprint density at radius 2 is 2.15 bits per heavy atom. The molecule has 20 heavy (non-hydrogen) atoms. The number of nitrogens with one attached hydrogen (secondary N) is 2. The molecule has 1 amide bonds. The lowest BCUT2D eigenvalue weighted by molar-refractivity contribution is -0.120. The number of aromatic nitrogens is 2. The number of benzene rings is 1. The Bertz CT molecular complexity index is 592. The molecule has 0 aliphatic heterocycles. The van der Waals surface area contributed by atoms with E-state index < -0.39 is 0 Å². The van der Waals surface area contributed by atoms with Crippen LogP contribution in [0.25, 0.3) is 11.3 Å². The van der Waals surface area contributed by atoms with Gasteiger partial charge in [-0.2, -0.15) is 0 Å². The topological polar surface area (TPSA) is 57.8 Å². The zero-order chi connectivity index (χ0) is 13.9. The summed E-state index contributed by atoms with van der Waals surface area (Å²) < 4.78 is 0. The van der Waals surface area contributed by atoms with E-state index in [2.05, 4.69) is 15.3 Å². The summed E-state index contributed by atoms with van der Waals surface area (Å²) >= 11 is 1.46. The predicted octanol–water partition coefficient (Wildman–Crippen LogP) is 2.84. The molecule has 1 unspecified atom stereocenters. The molecule has 1 atom stereocenters. The Morgan fingerprint density at radius 1 is 1.40 bits per heavy atom. The van der Waals surface area contributed by atoms with E-state index >= 15 is 0 Å². The molecule has 2 N–H and O–H groups in total. The maximum Gasteiger partial charge on any atom is 0.233 e. The maximum atomic E-state index is 11.9. The lowest BCUT2D eigenvalue weighted by Gasteiger charge is -2.09. The van der Waals surface area contributed by atoms with E-state index in [-0.39, 0.29) is 11.2 Å². The van der Waals surface area contributed by atoms with Crippen molar-refractivity contribution in [2.75, 3.05) is 0 Å². The second-order valence-electron chi connectivity index (χ2n) is 5.01. The molecule has 4 nitrogen and oxygen atoms in total. The van der Waals surface area contributed by atoms with Gasteiger partial charge in [0, 0.05) is 6.04 Å². The highest BCUT2D eigenvalue weighted by atomic mass is 32.2. The fourth-order valence-electron chi connectivity index (χ4n) is 1.89. The number of hydrogen-bond acceptors (Lipinski definition) is 3. The monoisotopic (exact) mass is 287 g/mol. The first-order valence-corrected chi connectivity index (χ1v) is 7.68. The van der Waals surface area contributed by atoms with Crippen LogP contribution in [0.5, 0.6) is 0 Å². The van der Waals surface area contributed by atoms with Crippen LogP contribution >= 0.6 is 11.8 Å². The van der Waals surface area contributed by atoms with Gasteiger partial charge in [-0.05, 0) is 25.3 Å². The highest BCUT2D eigenvalue weighted by molar-refractivity contribution is 8.00. The Hall–Kier alpha value is -1.75. The standard InChI is InChI=1S/C15H17N3OS/c1-10(14(19)17-12-7-8-12)20-15-16-9-13(18-15)11-5-3-2-4-6-11/h2-6,9-10,12H,7-8H2,1H3,(H,16,18)(H,17,19). The molecule has 0 bridgehead atoms. The van der Waals surface area contributed by atoms with Gasteiger partial charge < -0.3 is 10.3 Å². The molecule has 5 heteroatoms. The first kappa shape index (κ1) is 13.2. The zero-order valence-corrected chi connectivity index (χ0v) is 12.1. The number of aromatic amines is 1. The van der Waals surface area contributed by atoms with Gasteiger partial charge in [-0.1, -0.05) is 42.1 Å². The summed E-state index contributed by atoms with van der Waals surface area (Å²) in [4.78, 5) is 19.5. The van der Waals surface area contributed by atoms with Crippen molar-refractivity contribution in [2.45, 2.75) is 36.2 Å². The Balaban J connectivity index is 1.63. The van der Waals surface area contributed by atoms with E-state index in [1.54, 1.807) is 0 Å². The van der Waals surface area contributed by atoms with E-state index in [0.29, 0.717) is 6.04 Å². The summed E-state index contributed by atoms with van der Waals surface area (Å²) in [7, 11) is 0. The average Bonchev–Trinajstić information content (AvgIpc) is 3.16. The molecule has 3 rings (SSSR count). The lowest BCUT2D eigenvalue weighted by atomic mass is 10.2. The highest BCUT2D eigenvalue weighted by Crippen LogP contribution is 2.25. The van der Waals surface area contributed by atoms with Crippen molar-refractivity contribution < 1.29 is 4.79 Å². The SMILES string of the molecule is CC(Sc1ncc(-c2ccccc2)[nH]1)C(=O)NC1CC1. The number of H-pyrrole nitrogens is 1. The predicted molar refractivity (Wildman–Crippen MR) is 80.5 cm³/mol. The van der Waals surface area contributed by atoms with Crippen molar-refractivity contribution in [2.24, 2.45) is 0 Å². The maximum absolute atomic E-state index is 11.9. The Kier molecular flexibility index (Phi) is 3.78. The molecule has 1 aromatic carbocycles. The third kappa shape index (κ3) is 3.22. The summed E-state index contributed by atoms with van der Waals surface area (Å²) in [5, 5.41) is 3.66. The third-order valence-electron chi connectivity index (χ3n) is 3.22. The number of nitrogens with zero attached hydrogens (tertiary/aromatic N) is 1. The zero-order valence-electron chi connectivity index (χ0n) is 11.3. The van der Waals surface area contributed by atoms with E-state index in [1.165, 1.54) is 11.8 Å². The van der Waals surface area contributed by atoms with Crippen LogP contribution in [-0.2, 0) is 4.79 Å². The third-order valence-corrected chi connectivity index (χ3v) is 4.22. The van der Waals surface area contributed by atoms with Gasteiger partial charge in [-0.15, -0.1) is 0 Å².